The summed E-state index contributed by atoms with van der Waals surface area (Å²) in [6, 6.07) is 2.57. The number of hydrogen-bond acceptors (Lipinski definition) is 3. The van der Waals surface area contributed by atoms with E-state index in [0.29, 0.717) is 11.1 Å². The molecular weight excluding hydrogens is 291 g/mol. The summed E-state index contributed by atoms with van der Waals surface area (Å²) in [6.45, 7) is 9.25. The van der Waals surface area contributed by atoms with Gasteiger partial charge in [0, 0.05) is 24.7 Å². The van der Waals surface area contributed by atoms with Crippen molar-refractivity contribution in [1.82, 2.24) is 9.62 Å². The maximum absolute atomic E-state index is 14.0. The molecule has 0 radical (unpaired) electrons. The second-order valence-corrected chi connectivity index (χ2v) is 7.09. The zero-order chi connectivity index (χ0) is 16.2. The minimum Gasteiger partial charge on any atom is -0.316 e. The molecule has 0 amide bonds. The lowest BCUT2D eigenvalue weighted by Gasteiger charge is -2.25. The number of hydrogen-bond donors (Lipinski definition) is 1. The van der Waals surface area contributed by atoms with Crippen molar-refractivity contribution >= 4 is 10.0 Å². The van der Waals surface area contributed by atoms with Gasteiger partial charge in [-0.15, -0.1) is 6.58 Å². The van der Waals surface area contributed by atoms with E-state index in [4.69, 9.17) is 0 Å². The molecule has 1 N–H and O–H groups in total. The molecule has 0 aromatic heterocycles. The predicted octanol–water partition coefficient (Wildman–Crippen LogP) is 2.44. The van der Waals surface area contributed by atoms with Crippen LogP contribution in [0.4, 0.5) is 4.39 Å². The zero-order valence-electron chi connectivity index (χ0n) is 13.0. The predicted molar refractivity (Wildman–Crippen MR) is 83.1 cm³/mol. The molecule has 0 bridgehead atoms. The van der Waals surface area contributed by atoms with Gasteiger partial charge in [0.25, 0.3) is 0 Å². The average Bonchev–Trinajstić information content (AvgIpc) is 2.40. The summed E-state index contributed by atoms with van der Waals surface area (Å²) in [4.78, 5) is 0.113. The van der Waals surface area contributed by atoms with Crippen molar-refractivity contribution in [3.05, 3.63) is 41.7 Å². The highest BCUT2D eigenvalue weighted by Gasteiger charge is 2.27. The summed E-state index contributed by atoms with van der Waals surface area (Å²) in [5, 5.41) is 2.84. The number of rotatable bonds is 7. The van der Waals surface area contributed by atoms with Gasteiger partial charge >= 0.3 is 0 Å². The van der Waals surface area contributed by atoms with Crippen LogP contribution in [0.5, 0.6) is 0 Å². The molecule has 0 saturated heterocycles. The summed E-state index contributed by atoms with van der Waals surface area (Å²) in [5.74, 6) is -0.372. The van der Waals surface area contributed by atoms with E-state index in [-0.39, 0.29) is 29.8 Å². The van der Waals surface area contributed by atoms with E-state index in [0.717, 1.165) is 0 Å². The van der Waals surface area contributed by atoms with E-state index in [9.17, 15) is 12.8 Å². The monoisotopic (exact) mass is 314 g/mol. The number of sulfonamides is 1. The Balaban J connectivity index is 3.40. The van der Waals surface area contributed by atoms with E-state index < -0.39 is 10.0 Å². The van der Waals surface area contributed by atoms with Gasteiger partial charge in [0.2, 0.25) is 10.0 Å². The van der Waals surface area contributed by atoms with Gasteiger partial charge in [0.15, 0.2) is 0 Å². The molecule has 0 spiro atoms. The molecule has 0 aliphatic carbocycles. The molecular formula is C15H23FN2O2S. The van der Waals surface area contributed by atoms with Crippen LogP contribution in [0.15, 0.2) is 29.7 Å². The minimum atomic E-state index is -3.67. The molecule has 0 fully saturated rings. The van der Waals surface area contributed by atoms with Gasteiger partial charge in [-0.2, -0.15) is 4.31 Å². The summed E-state index contributed by atoms with van der Waals surface area (Å²) in [7, 11) is -1.99. The van der Waals surface area contributed by atoms with E-state index in [1.807, 2.05) is 0 Å². The van der Waals surface area contributed by atoms with Crippen LogP contribution in [0.25, 0.3) is 0 Å². The highest BCUT2D eigenvalue weighted by Crippen LogP contribution is 2.23. The first-order valence-electron chi connectivity index (χ1n) is 6.82. The molecule has 6 heteroatoms. The van der Waals surface area contributed by atoms with Crippen LogP contribution in [-0.4, -0.2) is 32.4 Å². The average molecular weight is 314 g/mol. The van der Waals surface area contributed by atoms with Gasteiger partial charge in [-0.1, -0.05) is 6.08 Å². The molecule has 118 valence electrons. The standard InChI is InChI=1S/C15H23FN2O2S/c1-6-7-18(11(2)3)21(19,20)14-8-12(4)15(16)13(9-14)10-17-5/h6,8-9,11,17H,1,7,10H2,2-5H3. The first-order chi connectivity index (χ1) is 9.75. The first kappa shape index (κ1) is 17.8. The van der Waals surface area contributed by atoms with Crippen molar-refractivity contribution < 1.29 is 12.8 Å². The van der Waals surface area contributed by atoms with E-state index in [1.54, 1.807) is 33.9 Å². The molecule has 4 nitrogen and oxygen atoms in total. The van der Waals surface area contributed by atoms with Gasteiger partial charge in [-0.05, 0) is 45.5 Å². The number of nitrogens with one attached hydrogen (secondary N) is 1. The molecule has 0 heterocycles. The maximum Gasteiger partial charge on any atom is 0.243 e. The smallest absolute Gasteiger partial charge is 0.243 e. The lowest BCUT2D eigenvalue weighted by molar-refractivity contribution is 0.382. The van der Waals surface area contributed by atoms with Crippen LogP contribution in [0, 0.1) is 12.7 Å². The molecule has 0 saturated carbocycles. The van der Waals surface area contributed by atoms with Gasteiger partial charge in [-0.3, -0.25) is 0 Å². The van der Waals surface area contributed by atoms with E-state index in [2.05, 4.69) is 11.9 Å². The minimum absolute atomic E-state index is 0.113. The van der Waals surface area contributed by atoms with Crippen molar-refractivity contribution in [2.24, 2.45) is 0 Å². The van der Waals surface area contributed by atoms with Crippen molar-refractivity contribution in [2.75, 3.05) is 13.6 Å². The van der Waals surface area contributed by atoms with Crippen LogP contribution >= 0.6 is 0 Å². The number of benzene rings is 1. The van der Waals surface area contributed by atoms with Crippen molar-refractivity contribution in [2.45, 2.75) is 38.3 Å². The van der Waals surface area contributed by atoms with Crippen molar-refractivity contribution in [1.29, 1.82) is 0 Å². The molecule has 1 aromatic carbocycles. The molecule has 0 aliphatic rings. The lowest BCUT2D eigenvalue weighted by Crippen LogP contribution is -2.37. The molecule has 0 aliphatic heterocycles. The number of halogens is 1. The van der Waals surface area contributed by atoms with Gasteiger partial charge in [-0.25, -0.2) is 12.8 Å². The van der Waals surface area contributed by atoms with Crippen LogP contribution in [0.2, 0.25) is 0 Å². The third-order valence-electron chi connectivity index (χ3n) is 3.16. The Bertz CT molecular complexity index is 612. The third-order valence-corrected chi connectivity index (χ3v) is 5.18. The van der Waals surface area contributed by atoms with Crippen molar-refractivity contribution in [3.63, 3.8) is 0 Å². The molecule has 1 aromatic rings. The van der Waals surface area contributed by atoms with E-state index >= 15 is 0 Å². The Morgan fingerprint density at radius 1 is 1.43 bits per heavy atom. The second kappa shape index (κ2) is 7.15. The summed E-state index contributed by atoms with van der Waals surface area (Å²) >= 11 is 0. The van der Waals surface area contributed by atoms with Crippen LogP contribution in [-0.2, 0) is 16.6 Å². The number of aryl methyl sites for hydroxylation is 1. The Morgan fingerprint density at radius 2 is 2.05 bits per heavy atom. The highest BCUT2D eigenvalue weighted by molar-refractivity contribution is 7.89. The van der Waals surface area contributed by atoms with Gasteiger partial charge < -0.3 is 5.32 Å². The fourth-order valence-electron chi connectivity index (χ4n) is 2.12. The third kappa shape index (κ3) is 3.90. The summed E-state index contributed by atoms with van der Waals surface area (Å²) < 4.78 is 40.8. The van der Waals surface area contributed by atoms with E-state index in [1.165, 1.54) is 16.4 Å². The van der Waals surface area contributed by atoms with Gasteiger partial charge in [0.1, 0.15) is 5.82 Å². The fourth-order valence-corrected chi connectivity index (χ4v) is 3.87. The van der Waals surface area contributed by atoms with Crippen LogP contribution in [0.3, 0.4) is 0 Å². The Morgan fingerprint density at radius 3 is 2.52 bits per heavy atom. The fraction of sp³-hybridized carbons (Fsp3) is 0.467. The second-order valence-electron chi connectivity index (χ2n) is 5.20. The highest BCUT2D eigenvalue weighted by atomic mass is 32.2. The molecule has 0 atom stereocenters. The Hall–Kier alpha value is -1.24. The Kier molecular flexibility index (Phi) is 6.07. The topological polar surface area (TPSA) is 49.4 Å². The normalized spacial score (nSPS) is 12.1. The summed E-state index contributed by atoms with van der Waals surface area (Å²) in [5.41, 5.74) is 0.669. The lowest BCUT2D eigenvalue weighted by atomic mass is 10.1. The largest absolute Gasteiger partial charge is 0.316 e. The maximum atomic E-state index is 14.0. The quantitative estimate of drug-likeness (QED) is 0.787. The molecule has 21 heavy (non-hydrogen) atoms. The zero-order valence-corrected chi connectivity index (χ0v) is 13.8. The van der Waals surface area contributed by atoms with Crippen LogP contribution in [0.1, 0.15) is 25.0 Å². The number of nitrogens with zero attached hydrogens (tertiary/aromatic N) is 1. The Labute approximate surface area is 126 Å². The molecule has 0 unspecified atom stereocenters. The van der Waals surface area contributed by atoms with Gasteiger partial charge in [0.05, 0.1) is 4.90 Å². The molecule has 1 rings (SSSR count). The summed E-state index contributed by atoms with van der Waals surface area (Å²) in [6.07, 6.45) is 1.54. The van der Waals surface area contributed by atoms with Crippen molar-refractivity contribution in [3.8, 4) is 0 Å². The SMILES string of the molecule is C=CCN(C(C)C)S(=O)(=O)c1cc(C)c(F)c(CNC)c1. The first-order valence-corrected chi connectivity index (χ1v) is 8.26. The van der Waals surface area contributed by atoms with Crippen LogP contribution < -0.4 is 5.32 Å².